The van der Waals surface area contributed by atoms with Crippen LogP contribution in [-0.2, 0) is 11.3 Å². The zero-order valence-electron chi connectivity index (χ0n) is 20.6. The van der Waals surface area contributed by atoms with Crippen LogP contribution in [-0.4, -0.2) is 23.6 Å². The van der Waals surface area contributed by atoms with Crippen molar-refractivity contribution >= 4 is 11.6 Å². The van der Waals surface area contributed by atoms with Crippen LogP contribution >= 0.6 is 0 Å². The molecule has 3 aromatic rings. The molecular weight excluding hydrogens is 470 g/mol. The van der Waals surface area contributed by atoms with Crippen LogP contribution in [0, 0.1) is 22.0 Å². The molecule has 3 aromatic carbocycles. The molecule has 0 bridgehead atoms. The fourth-order valence-electron chi connectivity index (χ4n) is 5.41. The summed E-state index contributed by atoms with van der Waals surface area (Å²) in [6.45, 7) is 2.99. The number of hydrogen-bond acceptors (Lipinski definition) is 7. The van der Waals surface area contributed by atoms with E-state index in [1.807, 2.05) is 67.6 Å². The molecule has 0 saturated carbocycles. The van der Waals surface area contributed by atoms with Crippen molar-refractivity contribution in [3.63, 3.8) is 0 Å². The summed E-state index contributed by atoms with van der Waals surface area (Å²) < 4.78 is 5.59. The van der Waals surface area contributed by atoms with Gasteiger partial charge in [-0.25, -0.2) is 10.9 Å². The maximum absolute atomic E-state index is 13.7. The fourth-order valence-corrected chi connectivity index (χ4v) is 5.41. The van der Waals surface area contributed by atoms with E-state index < -0.39 is 4.92 Å². The minimum absolute atomic E-state index is 0.0304. The van der Waals surface area contributed by atoms with Crippen molar-refractivity contribution in [2.75, 3.05) is 6.61 Å². The van der Waals surface area contributed by atoms with Crippen LogP contribution in [0.25, 0.3) is 0 Å². The number of nitrogens with zero attached hydrogens (tertiary/aromatic N) is 1. The maximum Gasteiger partial charge on any atom is 0.269 e. The molecule has 5 atom stereocenters. The number of piperidine rings is 1. The van der Waals surface area contributed by atoms with E-state index in [-0.39, 0.29) is 41.7 Å². The number of rotatable bonds is 8. The highest BCUT2D eigenvalue weighted by Gasteiger charge is 2.49. The number of nitrogens with one attached hydrogen (secondary N) is 4. The molecule has 5 unspecified atom stereocenters. The minimum atomic E-state index is -0.394. The predicted molar refractivity (Wildman–Crippen MR) is 139 cm³/mol. The minimum Gasteiger partial charge on any atom is -0.494 e. The van der Waals surface area contributed by atoms with E-state index in [1.165, 1.54) is 6.07 Å². The number of hydrogen-bond donors (Lipinski definition) is 4. The van der Waals surface area contributed by atoms with Crippen molar-refractivity contribution in [1.29, 1.82) is 0 Å². The topological polar surface area (TPSA) is 118 Å². The van der Waals surface area contributed by atoms with Gasteiger partial charge in [0, 0.05) is 36.6 Å². The molecule has 0 aliphatic carbocycles. The molecule has 5 rings (SSSR count). The average Bonchev–Trinajstić information content (AvgIpc) is 3.36. The van der Waals surface area contributed by atoms with Gasteiger partial charge < -0.3 is 10.1 Å². The van der Waals surface area contributed by atoms with Crippen LogP contribution in [0.4, 0.5) is 5.69 Å². The number of benzene rings is 3. The van der Waals surface area contributed by atoms with Crippen LogP contribution in [0.2, 0.25) is 0 Å². The number of ether oxygens (including phenoxy) is 1. The highest BCUT2D eigenvalue weighted by molar-refractivity contribution is 5.79. The Labute approximate surface area is 215 Å². The van der Waals surface area contributed by atoms with Gasteiger partial charge in [0.1, 0.15) is 5.75 Å². The molecule has 0 aromatic heterocycles. The van der Waals surface area contributed by atoms with Gasteiger partial charge in [-0.05, 0) is 42.2 Å². The smallest absolute Gasteiger partial charge is 0.269 e. The molecule has 2 aliphatic rings. The molecule has 4 N–H and O–H groups in total. The van der Waals surface area contributed by atoms with E-state index in [1.54, 1.807) is 12.1 Å². The van der Waals surface area contributed by atoms with Crippen molar-refractivity contribution in [2.45, 2.75) is 38.1 Å². The number of non-ortho nitro benzene ring substituents is 1. The Balaban J connectivity index is 1.41. The van der Waals surface area contributed by atoms with Gasteiger partial charge >= 0.3 is 0 Å². The normalized spacial score (nSPS) is 24.7. The lowest BCUT2D eigenvalue weighted by Gasteiger charge is -2.40. The fraction of sp³-hybridized carbons (Fsp3) is 0.321. The van der Waals surface area contributed by atoms with Gasteiger partial charge in [0.2, 0.25) is 5.91 Å². The number of carbonyl (C=O) groups excluding carboxylic acids is 1. The Morgan fingerprint density at radius 2 is 1.81 bits per heavy atom. The Morgan fingerprint density at radius 1 is 1.03 bits per heavy atom. The van der Waals surface area contributed by atoms with E-state index in [0.717, 1.165) is 22.4 Å². The third kappa shape index (κ3) is 5.48. The van der Waals surface area contributed by atoms with Crippen LogP contribution < -0.4 is 26.2 Å². The van der Waals surface area contributed by atoms with Gasteiger partial charge in [-0.1, -0.05) is 54.6 Å². The lowest BCUT2D eigenvalue weighted by atomic mass is 9.74. The summed E-state index contributed by atoms with van der Waals surface area (Å²) in [4.78, 5) is 24.7. The first-order valence-corrected chi connectivity index (χ1v) is 12.6. The number of nitro groups is 1. The Bertz CT molecular complexity index is 1240. The molecule has 192 valence electrons. The molecular formula is C28H31N5O4. The molecule has 2 aliphatic heterocycles. The van der Waals surface area contributed by atoms with Gasteiger partial charge in [0.25, 0.3) is 5.69 Å². The monoisotopic (exact) mass is 501 g/mol. The molecule has 2 heterocycles. The van der Waals surface area contributed by atoms with Gasteiger partial charge in [-0.2, -0.15) is 0 Å². The highest BCUT2D eigenvalue weighted by Crippen LogP contribution is 2.43. The summed E-state index contributed by atoms with van der Waals surface area (Å²) in [7, 11) is 0. The second-order valence-electron chi connectivity index (χ2n) is 9.44. The predicted octanol–water partition coefficient (Wildman–Crippen LogP) is 3.75. The van der Waals surface area contributed by atoms with E-state index in [0.29, 0.717) is 19.6 Å². The van der Waals surface area contributed by atoms with E-state index >= 15 is 0 Å². The first-order valence-electron chi connectivity index (χ1n) is 12.6. The maximum atomic E-state index is 13.7. The Morgan fingerprint density at radius 3 is 2.54 bits per heavy atom. The molecule has 37 heavy (non-hydrogen) atoms. The lowest BCUT2D eigenvalue weighted by molar-refractivity contribution is -0.384. The van der Waals surface area contributed by atoms with Crippen LogP contribution in [0.3, 0.4) is 0 Å². The quantitative estimate of drug-likeness (QED) is 0.274. The van der Waals surface area contributed by atoms with Gasteiger partial charge in [-0.15, -0.1) is 0 Å². The largest absolute Gasteiger partial charge is 0.494 e. The SMILES string of the molecule is CCOc1ccc(C2CC(C(=O)NCc3ccccc3)C3C(NNC3c3cccc([N+](=O)[O-])c3)N2)cc1. The van der Waals surface area contributed by atoms with Crippen molar-refractivity contribution in [2.24, 2.45) is 11.8 Å². The highest BCUT2D eigenvalue weighted by atomic mass is 16.6. The number of hydrazine groups is 1. The van der Waals surface area contributed by atoms with E-state index in [4.69, 9.17) is 4.74 Å². The third-order valence-electron chi connectivity index (χ3n) is 7.18. The Kier molecular flexibility index (Phi) is 7.45. The number of carbonyl (C=O) groups is 1. The summed E-state index contributed by atoms with van der Waals surface area (Å²) in [6, 6.07) is 24.1. The molecule has 9 heteroatoms. The number of amides is 1. The standard InChI is InChI=1S/C28H31N5O4/c1-2-37-22-13-11-19(12-14-22)24-16-23(28(34)29-17-18-7-4-3-5-8-18)25-26(31-32-27(25)30-24)20-9-6-10-21(15-20)33(35)36/h3-15,23-27,30-32H,2,16-17H2,1H3,(H,29,34). The van der Waals surface area contributed by atoms with Crippen molar-refractivity contribution in [3.8, 4) is 5.75 Å². The first-order chi connectivity index (χ1) is 18.0. The zero-order valence-corrected chi connectivity index (χ0v) is 20.6. The third-order valence-corrected chi connectivity index (χ3v) is 7.18. The molecule has 1 amide bonds. The summed E-state index contributed by atoms with van der Waals surface area (Å²) in [5.41, 5.74) is 9.52. The Hall–Kier alpha value is -3.79. The van der Waals surface area contributed by atoms with Crippen LogP contribution in [0.1, 0.15) is 42.1 Å². The van der Waals surface area contributed by atoms with E-state index in [2.05, 4.69) is 21.5 Å². The summed E-state index contributed by atoms with van der Waals surface area (Å²) in [5.74, 6) is 0.288. The first kappa shape index (κ1) is 24.9. The van der Waals surface area contributed by atoms with Crippen LogP contribution in [0.5, 0.6) is 5.75 Å². The number of fused-ring (bicyclic) bond motifs is 1. The molecule has 0 radical (unpaired) electrons. The van der Waals surface area contributed by atoms with Gasteiger partial charge in [0.05, 0.1) is 23.7 Å². The van der Waals surface area contributed by atoms with Crippen LogP contribution in [0.15, 0.2) is 78.9 Å². The zero-order chi connectivity index (χ0) is 25.8. The second-order valence-corrected chi connectivity index (χ2v) is 9.44. The molecule has 2 saturated heterocycles. The number of nitro benzene ring substituents is 1. The summed E-state index contributed by atoms with van der Waals surface area (Å²) in [5, 5.41) is 18.2. The lowest BCUT2D eigenvalue weighted by Crippen LogP contribution is -2.54. The van der Waals surface area contributed by atoms with Crippen molar-refractivity contribution in [1.82, 2.24) is 21.5 Å². The van der Waals surface area contributed by atoms with Gasteiger partial charge in [0.15, 0.2) is 0 Å². The molecule has 0 spiro atoms. The summed E-state index contributed by atoms with van der Waals surface area (Å²) >= 11 is 0. The van der Waals surface area contributed by atoms with Crippen molar-refractivity contribution in [3.05, 3.63) is 106 Å². The summed E-state index contributed by atoms with van der Waals surface area (Å²) in [6.07, 6.45) is 0.381. The molecule has 9 nitrogen and oxygen atoms in total. The van der Waals surface area contributed by atoms with E-state index in [9.17, 15) is 14.9 Å². The van der Waals surface area contributed by atoms with Crippen molar-refractivity contribution < 1.29 is 14.5 Å². The second kappa shape index (κ2) is 11.1. The molecule has 2 fully saturated rings. The average molecular weight is 502 g/mol. The van der Waals surface area contributed by atoms with Gasteiger partial charge in [-0.3, -0.25) is 20.2 Å².